The van der Waals surface area contributed by atoms with Crippen molar-refractivity contribution in [2.45, 2.75) is 11.8 Å². The predicted molar refractivity (Wildman–Crippen MR) is 109 cm³/mol. The number of piperazine rings is 1. The summed E-state index contributed by atoms with van der Waals surface area (Å²) in [5, 5.41) is 14.2. The molecule has 0 aliphatic carbocycles. The number of aromatic nitrogens is 2. The summed E-state index contributed by atoms with van der Waals surface area (Å²) in [7, 11) is -1.79. The Bertz CT molecular complexity index is 1190. The number of amides is 1. The van der Waals surface area contributed by atoms with Gasteiger partial charge in [0.2, 0.25) is 10.0 Å². The zero-order valence-corrected chi connectivity index (χ0v) is 17.6. The van der Waals surface area contributed by atoms with Gasteiger partial charge in [0.1, 0.15) is 4.83 Å². The molecule has 0 bridgehead atoms. The first-order valence-electron chi connectivity index (χ1n) is 9.04. The Balaban J connectivity index is 1.47. The molecule has 0 radical (unpaired) electrons. The number of thiophene rings is 1. The Hall–Kier alpha value is -2.74. The number of hydrogen-bond donors (Lipinski definition) is 0. The molecule has 3 aromatic rings. The van der Waals surface area contributed by atoms with Crippen molar-refractivity contribution in [1.29, 1.82) is 5.26 Å². The highest BCUT2D eigenvalue weighted by molar-refractivity contribution is 7.89. The van der Waals surface area contributed by atoms with Crippen LogP contribution < -0.4 is 0 Å². The number of benzene rings is 1. The van der Waals surface area contributed by atoms with Crippen molar-refractivity contribution >= 4 is 37.5 Å². The van der Waals surface area contributed by atoms with Gasteiger partial charge in [0.15, 0.2) is 0 Å². The minimum absolute atomic E-state index is 0.0824. The number of nitriles is 1. The lowest BCUT2D eigenvalue weighted by Crippen LogP contribution is -2.50. The highest BCUT2D eigenvalue weighted by Gasteiger charge is 2.31. The van der Waals surface area contributed by atoms with Crippen LogP contribution in [0.3, 0.4) is 0 Å². The van der Waals surface area contributed by atoms with E-state index in [4.69, 9.17) is 5.26 Å². The number of aryl methyl sites for hydroxylation is 2. The van der Waals surface area contributed by atoms with E-state index in [1.807, 2.05) is 26.1 Å². The van der Waals surface area contributed by atoms with E-state index in [-0.39, 0.29) is 23.9 Å². The Labute approximate surface area is 172 Å². The van der Waals surface area contributed by atoms with E-state index >= 15 is 0 Å². The SMILES string of the molecule is Cc1nn(C)c2sc(C(=O)N3CCN(S(=O)(=O)c4ccc(C#N)cc4)CC3)cc12. The van der Waals surface area contributed by atoms with Gasteiger partial charge in [0.05, 0.1) is 27.1 Å². The largest absolute Gasteiger partial charge is 0.335 e. The number of nitrogens with zero attached hydrogens (tertiary/aromatic N) is 5. The predicted octanol–water partition coefficient (Wildman–Crippen LogP) is 1.96. The molecular formula is C19H19N5O3S2. The molecule has 1 amide bonds. The summed E-state index contributed by atoms with van der Waals surface area (Å²) in [4.78, 5) is 16.3. The Morgan fingerprint density at radius 2 is 1.83 bits per heavy atom. The highest BCUT2D eigenvalue weighted by Crippen LogP contribution is 2.29. The zero-order valence-electron chi connectivity index (χ0n) is 16.0. The monoisotopic (exact) mass is 429 g/mol. The molecule has 4 rings (SSSR count). The van der Waals surface area contributed by atoms with Crippen LogP contribution in [-0.4, -0.2) is 59.5 Å². The van der Waals surface area contributed by atoms with Gasteiger partial charge in [-0.1, -0.05) is 0 Å². The number of carbonyl (C=O) groups is 1. The van der Waals surface area contributed by atoms with Gasteiger partial charge in [0, 0.05) is 38.6 Å². The maximum atomic E-state index is 12.9. The Kier molecular flexibility index (Phi) is 4.90. The molecule has 0 spiro atoms. The molecule has 1 fully saturated rings. The molecule has 3 heterocycles. The van der Waals surface area contributed by atoms with E-state index in [0.717, 1.165) is 15.9 Å². The van der Waals surface area contributed by atoms with Crippen LogP contribution in [-0.2, 0) is 17.1 Å². The second-order valence-corrected chi connectivity index (χ2v) is 9.84. The van der Waals surface area contributed by atoms with E-state index < -0.39 is 10.0 Å². The molecule has 0 saturated carbocycles. The molecule has 0 atom stereocenters. The molecule has 1 aliphatic rings. The van der Waals surface area contributed by atoms with E-state index in [9.17, 15) is 13.2 Å². The van der Waals surface area contributed by atoms with Crippen LogP contribution in [0.5, 0.6) is 0 Å². The van der Waals surface area contributed by atoms with Crippen molar-refractivity contribution in [3.05, 3.63) is 46.5 Å². The molecule has 0 N–H and O–H groups in total. The molecule has 0 unspecified atom stereocenters. The molecule has 1 aromatic carbocycles. The van der Waals surface area contributed by atoms with E-state index in [1.54, 1.807) is 9.58 Å². The molecule has 1 aliphatic heterocycles. The second kappa shape index (κ2) is 7.26. The van der Waals surface area contributed by atoms with Crippen molar-refractivity contribution in [3.63, 3.8) is 0 Å². The lowest BCUT2D eigenvalue weighted by Gasteiger charge is -2.33. The second-order valence-electron chi connectivity index (χ2n) is 6.87. The van der Waals surface area contributed by atoms with Gasteiger partial charge in [-0.15, -0.1) is 11.3 Å². The Morgan fingerprint density at radius 3 is 2.41 bits per heavy atom. The first kappa shape index (κ1) is 19.6. The smallest absolute Gasteiger partial charge is 0.264 e. The summed E-state index contributed by atoms with van der Waals surface area (Å²) in [5.74, 6) is -0.0824. The van der Waals surface area contributed by atoms with Gasteiger partial charge < -0.3 is 4.90 Å². The van der Waals surface area contributed by atoms with Crippen LogP contribution in [0, 0.1) is 18.3 Å². The molecule has 10 heteroatoms. The minimum Gasteiger partial charge on any atom is -0.335 e. The normalized spacial score (nSPS) is 15.6. The summed E-state index contributed by atoms with van der Waals surface area (Å²) in [6.07, 6.45) is 0. The number of fused-ring (bicyclic) bond motifs is 1. The fourth-order valence-corrected chi connectivity index (χ4v) is 5.96. The summed E-state index contributed by atoms with van der Waals surface area (Å²) < 4.78 is 28.8. The van der Waals surface area contributed by atoms with Crippen LogP contribution in [0.1, 0.15) is 20.9 Å². The third-order valence-electron chi connectivity index (χ3n) is 5.05. The molecule has 1 saturated heterocycles. The summed E-state index contributed by atoms with van der Waals surface area (Å²) >= 11 is 1.40. The minimum atomic E-state index is -3.65. The third kappa shape index (κ3) is 3.42. The zero-order chi connectivity index (χ0) is 20.8. The van der Waals surface area contributed by atoms with Crippen molar-refractivity contribution in [1.82, 2.24) is 19.0 Å². The molecule has 150 valence electrons. The van der Waals surface area contributed by atoms with Crippen molar-refractivity contribution in [2.24, 2.45) is 7.05 Å². The fraction of sp³-hybridized carbons (Fsp3) is 0.316. The first-order chi connectivity index (χ1) is 13.8. The van der Waals surface area contributed by atoms with Crippen molar-refractivity contribution in [3.8, 4) is 6.07 Å². The van der Waals surface area contributed by atoms with Gasteiger partial charge >= 0.3 is 0 Å². The van der Waals surface area contributed by atoms with Crippen LogP contribution in [0.25, 0.3) is 10.2 Å². The lowest BCUT2D eigenvalue weighted by atomic mass is 10.2. The average molecular weight is 430 g/mol. The van der Waals surface area contributed by atoms with Gasteiger partial charge in [-0.25, -0.2) is 8.42 Å². The number of carbonyl (C=O) groups excluding carboxylic acids is 1. The number of hydrogen-bond acceptors (Lipinski definition) is 6. The molecule has 2 aromatic heterocycles. The van der Waals surface area contributed by atoms with Crippen molar-refractivity contribution in [2.75, 3.05) is 26.2 Å². The quantitative estimate of drug-likeness (QED) is 0.634. The van der Waals surface area contributed by atoms with Crippen LogP contribution in [0.2, 0.25) is 0 Å². The number of sulfonamides is 1. The Morgan fingerprint density at radius 1 is 1.17 bits per heavy atom. The van der Waals surface area contributed by atoms with Crippen molar-refractivity contribution < 1.29 is 13.2 Å². The summed E-state index contributed by atoms with van der Waals surface area (Å²) in [5.41, 5.74) is 1.30. The standard InChI is InChI=1S/C19H19N5O3S2/c1-13-16-11-17(28-19(16)22(2)21-13)18(25)23-7-9-24(10-8-23)29(26,27)15-5-3-14(12-20)4-6-15/h3-6,11H,7-10H2,1-2H3. The first-order valence-corrected chi connectivity index (χ1v) is 11.3. The average Bonchev–Trinajstić information content (AvgIpc) is 3.29. The van der Waals surface area contributed by atoms with Gasteiger partial charge in [-0.3, -0.25) is 9.48 Å². The van der Waals surface area contributed by atoms with E-state index in [0.29, 0.717) is 23.5 Å². The molecule has 29 heavy (non-hydrogen) atoms. The fourth-order valence-electron chi connectivity index (χ4n) is 3.45. The van der Waals surface area contributed by atoms with Crippen LogP contribution in [0.15, 0.2) is 35.2 Å². The van der Waals surface area contributed by atoms with Crippen LogP contribution >= 0.6 is 11.3 Å². The van der Waals surface area contributed by atoms with E-state index in [1.165, 1.54) is 39.9 Å². The van der Waals surface area contributed by atoms with Gasteiger partial charge in [0.25, 0.3) is 5.91 Å². The summed E-state index contributed by atoms with van der Waals surface area (Å²) in [6.45, 7) is 3.05. The maximum Gasteiger partial charge on any atom is 0.264 e. The van der Waals surface area contributed by atoms with Gasteiger partial charge in [-0.05, 0) is 37.3 Å². The van der Waals surface area contributed by atoms with Gasteiger partial charge in [-0.2, -0.15) is 14.7 Å². The third-order valence-corrected chi connectivity index (χ3v) is 8.16. The van der Waals surface area contributed by atoms with E-state index in [2.05, 4.69) is 5.10 Å². The topological polar surface area (TPSA) is 99.3 Å². The molecule has 8 nitrogen and oxygen atoms in total. The molecular weight excluding hydrogens is 410 g/mol. The highest BCUT2D eigenvalue weighted by atomic mass is 32.2. The van der Waals surface area contributed by atoms with Crippen LogP contribution in [0.4, 0.5) is 0 Å². The summed E-state index contributed by atoms with van der Waals surface area (Å²) in [6, 6.07) is 9.71. The maximum absolute atomic E-state index is 12.9. The lowest BCUT2D eigenvalue weighted by molar-refractivity contribution is 0.0703. The number of rotatable bonds is 3.